The van der Waals surface area contributed by atoms with Crippen LogP contribution in [0, 0.1) is 52.3 Å². The third-order valence-electron chi connectivity index (χ3n) is 18.2. The number of hydrogen-bond donors (Lipinski definition) is 7. The summed E-state index contributed by atoms with van der Waals surface area (Å²) in [6, 6.07) is 0. The molecule has 1 spiro atoms. The third-order valence-corrected chi connectivity index (χ3v) is 18.2. The van der Waals surface area contributed by atoms with Gasteiger partial charge in [-0.25, -0.2) is 0 Å². The van der Waals surface area contributed by atoms with Gasteiger partial charge in [0.2, 0.25) is 0 Å². The monoisotopic (exact) mass is 898 g/mol. The summed E-state index contributed by atoms with van der Waals surface area (Å²) in [5.41, 5.74) is -0.331. The van der Waals surface area contributed by atoms with Crippen LogP contribution in [0.4, 0.5) is 0 Å². The average molecular weight is 899 g/mol. The summed E-state index contributed by atoms with van der Waals surface area (Å²) in [6.07, 6.45) is -13.0. The molecule has 9 unspecified atom stereocenters. The molecule has 9 fully saturated rings. The molecule has 17 nitrogen and oxygen atoms in total. The van der Waals surface area contributed by atoms with Crippen LogP contribution < -0.4 is 0 Å². The Morgan fingerprint density at radius 1 is 0.667 bits per heavy atom. The number of esters is 1. The number of aliphatic hydroxyl groups excluding tert-OH is 7. The first-order valence-electron chi connectivity index (χ1n) is 23.9. The van der Waals surface area contributed by atoms with Crippen LogP contribution in [0.2, 0.25) is 0 Å². The van der Waals surface area contributed by atoms with Crippen LogP contribution in [-0.4, -0.2) is 165 Å². The molecule has 5 saturated heterocycles. The van der Waals surface area contributed by atoms with Gasteiger partial charge in [0.15, 0.2) is 30.8 Å². The van der Waals surface area contributed by atoms with Crippen molar-refractivity contribution in [1.29, 1.82) is 0 Å². The van der Waals surface area contributed by atoms with Crippen molar-refractivity contribution in [3.8, 4) is 0 Å². The van der Waals surface area contributed by atoms with Crippen molar-refractivity contribution in [2.45, 2.75) is 216 Å². The number of rotatable bonds is 7. The highest BCUT2D eigenvalue weighted by Gasteiger charge is 2.70. The van der Waals surface area contributed by atoms with Gasteiger partial charge in [0.1, 0.15) is 48.8 Å². The van der Waals surface area contributed by atoms with Crippen LogP contribution >= 0.6 is 0 Å². The topological polar surface area (TPSA) is 242 Å². The quantitative estimate of drug-likeness (QED) is 0.179. The van der Waals surface area contributed by atoms with E-state index in [1.54, 1.807) is 0 Å². The highest BCUT2D eigenvalue weighted by Crippen LogP contribution is 2.71. The zero-order valence-corrected chi connectivity index (χ0v) is 37.8. The van der Waals surface area contributed by atoms with Crippen LogP contribution in [0.5, 0.6) is 0 Å². The lowest BCUT2D eigenvalue weighted by Crippen LogP contribution is -2.66. The maximum Gasteiger partial charge on any atom is 0.303 e. The molecule has 63 heavy (non-hydrogen) atoms. The van der Waals surface area contributed by atoms with E-state index in [2.05, 4.69) is 27.7 Å². The van der Waals surface area contributed by atoms with Crippen molar-refractivity contribution in [3.05, 3.63) is 0 Å². The predicted molar refractivity (Wildman–Crippen MR) is 218 cm³/mol. The summed E-state index contributed by atoms with van der Waals surface area (Å²) in [5.74, 6) is 1.27. The van der Waals surface area contributed by atoms with Crippen molar-refractivity contribution in [3.63, 3.8) is 0 Å². The van der Waals surface area contributed by atoms with Gasteiger partial charge in [0.25, 0.3) is 0 Å². The Balaban J connectivity index is 1.02. The van der Waals surface area contributed by atoms with Crippen molar-refractivity contribution < 1.29 is 83.2 Å². The van der Waals surface area contributed by atoms with E-state index in [9.17, 15) is 40.5 Å². The highest BCUT2D eigenvalue weighted by molar-refractivity contribution is 5.66. The van der Waals surface area contributed by atoms with Crippen molar-refractivity contribution >= 4 is 5.97 Å². The first kappa shape index (κ1) is 47.0. The molecule has 7 N–H and O–H groups in total. The second-order valence-electron chi connectivity index (χ2n) is 21.7. The lowest BCUT2D eigenvalue weighted by atomic mass is 9.43. The molecule has 0 aromatic heterocycles. The second kappa shape index (κ2) is 17.4. The number of ether oxygens (including phenoxy) is 9. The number of aliphatic hydroxyl groups is 7. The highest BCUT2D eigenvalue weighted by atomic mass is 16.8. The standard InChI is InChI=1S/C46H74O17/c1-19-10-13-46(56-17-19)20(2)32-29(63-46)16-28-26-9-8-24-14-25(48)15-31(45(24,7)27(26)11-12-44(28,32)6)60-43-40(62-42-38(54)36(52)34(50)22(4)58-42)39(30(18-55-43)59-23(5)47)61-41-37(53)35(51)33(49)21(3)57-41/h19-22,24-43,48-54H,8-18H2,1-7H3/t19?,20?,21-,22-,24?,25+,26?,27?,28?,29?,30+,31+,32?,33-,34+,35+,36+,37+,38+,39-,40+,41-,42-,43-,44-,45-,46?/m0/s1. The summed E-state index contributed by atoms with van der Waals surface area (Å²) in [4.78, 5) is 12.5. The summed E-state index contributed by atoms with van der Waals surface area (Å²) in [5, 5.41) is 76.3. The molecule has 360 valence electrons. The maximum absolute atomic E-state index is 12.5. The van der Waals surface area contributed by atoms with E-state index in [-0.39, 0.29) is 35.9 Å². The fourth-order valence-corrected chi connectivity index (χ4v) is 14.7. The van der Waals surface area contributed by atoms with Gasteiger partial charge in [-0.2, -0.15) is 0 Å². The Morgan fingerprint density at radius 2 is 1.32 bits per heavy atom. The Labute approximate surface area is 370 Å². The maximum atomic E-state index is 12.5. The summed E-state index contributed by atoms with van der Waals surface area (Å²) < 4.78 is 57.5. The Kier molecular flexibility index (Phi) is 13.0. The molecule has 4 aliphatic carbocycles. The molecule has 27 atom stereocenters. The van der Waals surface area contributed by atoms with Gasteiger partial charge < -0.3 is 78.4 Å². The van der Waals surface area contributed by atoms with Gasteiger partial charge in [0, 0.05) is 25.7 Å². The van der Waals surface area contributed by atoms with E-state index in [0.29, 0.717) is 36.5 Å². The lowest BCUT2D eigenvalue weighted by Gasteiger charge is -2.63. The van der Waals surface area contributed by atoms with Crippen molar-refractivity contribution in [2.75, 3.05) is 13.2 Å². The van der Waals surface area contributed by atoms with Gasteiger partial charge in [0.05, 0.1) is 43.7 Å². The Bertz CT molecular complexity index is 1630. The summed E-state index contributed by atoms with van der Waals surface area (Å²) in [7, 11) is 0. The van der Waals surface area contributed by atoms with Crippen molar-refractivity contribution in [1.82, 2.24) is 0 Å². The SMILES string of the molecule is CC(=O)O[C@@H]1CO[C@@H](O[C@@H]2C[C@H](O)CC3CCC4C5CC6OC7(CCC(C)CO7)C(C)C6[C@@]5(C)CCC4[C@]32C)[C@H](O[C@@H]2O[C@@H](C)[C@@H](O)[C@@H](O)[C@H]2O)[C@H]1O[C@@H]1O[C@@H](C)[C@H](O)[C@@H](O)[C@H]1O. The zero-order valence-electron chi connectivity index (χ0n) is 37.8. The third kappa shape index (κ3) is 7.86. The summed E-state index contributed by atoms with van der Waals surface area (Å²) in [6.45, 7) is 14.1. The normalized spacial score (nSPS) is 58.1. The van der Waals surface area contributed by atoms with Gasteiger partial charge in [-0.05, 0) is 105 Å². The van der Waals surface area contributed by atoms with Gasteiger partial charge in [-0.1, -0.05) is 27.7 Å². The number of hydrogen-bond acceptors (Lipinski definition) is 17. The molecular weight excluding hydrogens is 824 g/mol. The molecule has 0 bridgehead atoms. The van der Waals surface area contributed by atoms with E-state index in [0.717, 1.165) is 51.6 Å². The summed E-state index contributed by atoms with van der Waals surface area (Å²) >= 11 is 0. The van der Waals surface area contributed by atoms with Gasteiger partial charge in [-0.3, -0.25) is 4.79 Å². The first-order chi connectivity index (χ1) is 29.8. The minimum absolute atomic E-state index is 0.0829. The van der Waals surface area contributed by atoms with E-state index < -0.39 is 115 Å². The Hall–Kier alpha value is -1.13. The van der Waals surface area contributed by atoms with Crippen molar-refractivity contribution in [2.24, 2.45) is 52.3 Å². The second-order valence-corrected chi connectivity index (χ2v) is 21.7. The van der Waals surface area contributed by atoms with Crippen LogP contribution in [0.3, 0.4) is 0 Å². The number of fused-ring (bicyclic) bond motifs is 7. The van der Waals surface area contributed by atoms with Crippen LogP contribution in [0.15, 0.2) is 0 Å². The number of carbonyl (C=O) groups is 1. The molecular formula is C46H74O17. The van der Waals surface area contributed by atoms with E-state index in [1.807, 2.05) is 0 Å². The lowest BCUT2D eigenvalue weighted by molar-refractivity contribution is -0.388. The minimum atomic E-state index is -1.74. The van der Waals surface area contributed by atoms with E-state index in [4.69, 9.17) is 42.6 Å². The first-order valence-corrected chi connectivity index (χ1v) is 23.9. The molecule has 0 radical (unpaired) electrons. The molecule has 0 aromatic rings. The van der Waals surface area contributed by atoms with Crippen LogP contribution in [0.25, 0.3) is 0 Å². The van der Waals surface area contributed by atoms with Gasteiger partial charge >= 0.3 is 5.97 Å². The number of carbonyl (C=O) groups excluding carboxylic acids is 1. The fourth-order valence-electron chi connectivity index (χ4n) is 14.7. The molecule has 4 saturated carbocycles. The average Bonchev–Trinajstić information content (AvgIpc) is 3.69. The molecule has 5 aliphatic heterocycles. The van der Waals surface area contributed by atoms with Crippen LogP contribution in [0.1, 0.15) is 106 Å². The molecule has 9 aliphatic rings. The fraction of sp³-hybridized carbons (Fsp3) is 0.978. The molecule has 0 amide bonds. The minimum Gasteiger partial charge on any atom is -0.457 e. The largest absolute Gasteiger partial charge is 0.457 e. The zero-order chi connectivity index (χ0) is 45.1. The molecule has 5 heterocycles. The molecule has 17 heteroatoms. The van der Waals surface area contributed by atoms with E-state index >= 15 is 0 Å². The smallest absolute Gasteiger partial charge is 0.303 e. The molecule has 9 rings (SSSR count). The van der Waals surface area contributed by atoms with Gasteiger partial charge in [-0.15, -0.1) is 0 Å². The van der Waals surface area contributed by atoms with E-state index in [1.165, 1.54) is 20.8 Å². The van der Waals surface area contributed by atoms with Crippen LogP contribution in [-0.2, 0) is 47.4 Å². The Morgan fingerprint density at radius 3 is 1.94 bits per heavy atom. The predicted octanol–water partition coefficient (Wildman–Crippen LogP) is 1.50. The molecule has 0 aromatic carbocycles.